The van der Waals surface area contributed by atoms with E-state index >= 15 is 0 Å². The van der Waals surface area contributed by atoms with Crippen molar-refractivity contribution in [1.29, 1.82) is 0 Å². The van der Waals surface area contributed by atoms with E-state index in [0.717, 1.165) is 28.8 Å². The number of benzene rings is 2. The van der Waals surface area contributed by atoms with Gasteiger partial charge in [0.25, 0.3) is 5.91 Å². The molecule has 1 aromatic heterocycles. The molecule has 1 fully saturated rings. The predicted octanol–water partition coefficient (Wildman–Crippen LogP) is 3.92. The second-order valence-electron chi connectivity index (χ2n) is 9.67. The largest absolute Gasteiger partial charge is 0.336 e. The second-order valence-corrected chi connectivity index (χ2v) is 12.6. The first kappa shape index (κ1) is 24.6. The molecule has 1 amide bonds. The van der Waals surface area contributed by atoms with Crippen molar-refractivity contribution in [3.8, 4) is 0 Å². The van der Waals surface area contributed by atoms with Crippen LogP contribution in [0.2, 0.25) is 0 Å². The van der Waals surface area contributed by atoms with Crippen LogP contribution in [0.4, 0.5) is 0 Å². The van der Waals surface area contributed by atoms with Crippen LogP contribution in [0.1, 0.15) is 50.0 Å². The maximum Gasteiger partial charge on any atom is 0.308 e. The highest BCUT2D eigenvalue weighted by Gasteiger charge is 2.31. The highest BCUT2D eigenvalue weighted by molar-refractivity contribution is 7.89. The van der Waals surface area contributed by atoms with E-state index in [1.807, 2.05) is 31.2 Å². The number of carbonyl (C=O) groups is 1. The quantitative estimate of drug-likeness (QED) is 0.531. The van der Waals surface area contributed by atoms with Crippen molar-refractivity contribution in [2.24, 2.45) is 0 Å². The summed E-state index contributed by atoms with van der Waals surface area (Å²) < 4.78 is 30.3. The Balaban J connectivity index is 1.47. The van der Waals surface area contributed by atoms with Gasteiger partial charge in [-0.25, -0.2) is 8.42 Å². The SMILES string of the molecule is CCCn1c(=O)sc2cc(S(=O)(=O)N3CCN(C(=O)c4ccc(C(C)(C)C)cc4)CC3)ccc21. The van der Waals surface area contributed by atoms with Gasteiger partial charge in [0.05, 0.1) is 15.1 Å². The first-order valence-corrected chi connectivity index (χ1v) is 13.8. The Kier molecular flexibility index (Phi) is 6.72. The van der Waals surface area contributed by atoms with Crippen LogP contribution in [0.25, 0.3) is 10.2 Å². The minimum atomic E-state index is -3.71. The minimum absolute atomic E-state index is 0.0131. The highest BCUT2D eigenvalue weighted by atomic mass is 32.2. The van der Waals surface area contributed by atoms with Gasteiger partial charge in [-0.1, -0.05) is 51.2 Å². The van der Waals surface area contributed by atoms with Crippen LogP contribution in [0.15, 0.2) is 52.2 Å². The number of amides is 1. The molecule has 0 radical (unpaired) electrons. The van der Waals surface area contributed by atoms with Crippen molar-refractivity contribution in [3.05, 3.63) is 63.3 Å². The number of aromatic nitrogens is 1. The number of fused-ring (bicyclic) bond motifs is 1. The van der Waals surface area contributed by atoms with Gasteiger partial charge in [0.2, 0.25) is 10.0 Å². The Morgan fingerprint density at radius 2 is 1.65 bits per heavy atom. The zero-order valence-corrected chi connectivity index (χ0v) is 21.7. The molecule has 2 aromatic carbocycles. The maximum absolute atomic E-state index is 13.3. The average molecular weight is 502 g/mol. The molecule has 3 aromatic rings. The van der Waals surface area contributed by atoms with Crippen molar-refractivity contribution >= 4 is 37.5 Å². The molecule has 0 saturated carbocycles. The molecule has 0 bridgehead atoms. The number of hydrogen-bond donors (Lipinski definition) is 0. The molecule has 0 unspecified atom stereocenters. The number of thiazole rings is 1. The van der Waals surface area contributed by atoms with Crippen molar-refractivity contribution in [2.45, 2.75) is 51.0 Å². The third-order valence-corrected chi connectivity index (χ3v) is 9.08. The van der Waals surface area contributed by atoms with E-state index in [4.69, 9.17) is 0 Å². The second kappa shape index (κ2) is 9.28. The first-order chi connectivity index (χ1) is 16.0. The molecule has 2 heterocycles. The summed E-state index contributed by atoms with van der Waals surface area (Å²) in [5, 5.41) is 0. The van der Waals surface area contributed by atoms with Gasteiger partial charge < -0.3 is 4.90 Å². The molecule has 1 saturated heterocycles. The maximum atomic E-state index is 13.3. The number of aryl methyl sites for hydroxylation is 1. The number of sulfonamides is 1. The van der Waals surface area contributed by atoms with E-state index < -0.39 is 10.0 Å². The van der Waals surface area contributed by atoms with Crippen LogP contribution < -0.4 is 4.87 Å². The molecule has 9 heteroatoms. The normalized spacial score (nSPS) is 15.7. The summed E-state index contributed by atoms with van der Waals surface area (Å²) in [6, 6.07) is 12.5. The monoisotopic (exact) mass is 501 g/mol. The molecule has 7 nitrogen and oxygen atoms in total. The van der Waals surface area contributed by atoms with Gasteiger partial charge in [0.1, 0.15) is 0 Å². The molecule has 0 aliphatic carbocycles. The van der Waals surface area contributed by atoms with Gasteiger partial charge in [0.15, 0.2) is 0 Å². The summed E-state index contributed by atoms with van der Waals surface area (Å²) >= 11 is 1.07. The van der Waals surface area contributed by atoms with E-state index in [1.165, 1.54) is 4.31 Å². The molecule has 182 valence electrons. The van der Waals surface area contributed by atoms with Crippen LogP contribution in [-0.2, 0) is 22.0 Å². The lowest BCUT2D eigenvalue weighted by Crippen LogP contribution is -2.50. The average Bonchev–Trinajstić information content (AvgIpc) is 3.12. The lowest BCUT2D eigenvalue weighted by Gasteiger charge is -2.34. The van der Waals surface area contributed by atoms with Gasteiger partial charge in [-0.2, -0.15) is 4.31 Å². The number of piperazine rings is 1. The van der Waals surface area contributed by atoms with Crippen LogP contribution in [0.5, 0.6) is 0 Å². The zero-order chi connectivity index (χ0) is 24.7. The topological polar surface area (TPSA) is 79.7 Å². The summed E-state index contributed by atoms with van der Waals surface area (Å²) in [7, 11) is -3.71. The summed E-state index contributed by atoms with van der Waals surface area (Å²) in [5.41, 5.74) is 2.55. The Labute approximate surface area is 204 Å². The summed E-state index contributed by atoms with van der Waals surface area (Å²) in [5.74, 6) is -0.0824. The van der Waals surface area contributed by atoms with Crippen LogP contribution in [-0.4, -0.2) is 54.3 Å². The van der Waals surface area contributed by atoms with Crippen molar-refractivity contribution in [3.63, 3.8) is 0 Å². The fourth-order valence-electron chi connectivity index (χ4n) is 4.22. The van der Waals surface area contributed by atoms with E-state index in [9.17, 15) is 18.0 Å². The fourth-order valence-corrected chi connectivity index (χ4v) is 6.70. The van der Waals surface area contributed by atoms with E-state index in [1.54, 1.807) is 27.7 Å². The molecule has 1 aliphatic rings. The first-order valence-electron chi connectivity index (χ1n) is 11.6. The molecule has 1 aliphatic heterocycles. The van der Waals surface area contributed by atoms with E-state index in [0.29, 0.717) is 29.9 Å². The molecule has 0 spiro atoms. The Hall–Kier alpha value is -2.49. The van der Waals surface area contributed by atoms with Gasteiger partial charge in [0, 0.05) is 38.3 Å². The van der Waals surface area contributed by atoms with Crippen LogP contribution in [0.3, 0.4) is 0 Å². The number of hydrogen-bond acceptors (Lipinski definition) is 5. The lowest BCUT2D eigenvalue weighted by atomic mass is 9.86. The Morgan fingerprint density at radius 3 is 2.24 bits per heavy atom. The molecule has 0 N–H and O–H groups in total. The van der Waals surface area contributed by atoms with Crippen molar-refractivity contribution in [1.82, 2.24) is 13.8 Å². The smallest absolute Gasteiger partial charge is 0.308 e. The number of rotatable bonds is 5. The predicted molar refractivity (Wildman–Crippen MR) is 136 cm³/mol. The van der Waals surface area contributed by atoms with Gasteiger partial charge in [-0.15, -0.1) is 0 Å². The van der Waals surface area contributed by atoms with Crippen molar-refractivity contribution in [2.75, 3.05) is 26.2 Å². The summed E-state index contributed by atoms with van der Waals surface area (Å²) in [4.78, 5) is 27.0. The van der Waals surface area contributed by atoms with Gasteiger partial charge in [-0.3, -0.25) is 14.2 Å². The third-order valence-electron chi connectivity index (χ3n) is 6.25. The Bertz CT molecular complexity index is 1360. The fraction of sp³-hybridized carbons (Fsp3) is 0.440. The van der Waals surface area contributed by atoms with Crippen LogP contribution >= 0.6 is 11.3 Å². The van der Waals surface area contributed by atoms with Gasteiger partial charge in [-0.05, 0) is 47.7 Å². The lowest BCUT2D eigenvalue weighted by molar-refractivity contribution is 0.0698. The van der Waals surface area contributed by atoms with E-state index in [-0.39, 0.29) is 34.2 Å². The minimum Gasteiger partial charge on any atom is -0.336 e. The third kappa shape index (κ3) is 4.69. The molecular formula is C25H31N3O4S2. The van der Waals surface area contributed by atoms with Crippen molar-refractivity contribution < 1.29 is 13.2 Å². The number of nitrogens with zero attached hydrogens (tertiary/aromatic N) is 3. The summed E-state index contributed by atoms with van der Waals surface area (Å²) in [6.07, 6.45) is 0.829. The van der Waals surface area contributed by atoms with E-state index in [2.05, 4.69) is 20.8 Å². The molecule has 4 rings (SSSR count). The zero-order valence-electron chi connectivity index (χ0n) is 20.1. The van der Waals surface area contributed by atoms with Gasteiger partial charge >= 0.3 is 4.87 Å². The standard InChI is InChI=1S/C25H31N3O4S2/c1-5-12-28-21-11-10-20(17-22(21)33-24(28)30)34(31,32)27-15-13-26(14-16-27)23(29)18-6-8-19(9-7-18)25(2,3)4/h6-11,17H,5,12-16H2,1-4H3. The molecule has 34 heavy (non-hydrogen) atoms. The highest BCUT2D eigenvalue weighted by Crippen LogP contribution is 2.26. The summed E-state index contributed by atoms with van der Waals surface area (Å²) in [6.45, 7) is 10.1. The number of carbonyl (C=O) groups excluding carboxylic acids is 1. The Morgan fingerprint density at radius 1 is 1.00 bits per heavy atom. The van der Waals surface area contributed by atoms with Crippen LogP contribution in [0, 0.1) is 0 Å². The molecule has 0 atom stereocenters. The molecular weight excluding hydrogens is 470 g/mol.